The molecule has 1 saturated heterocycles. The Balaban J connectivity index is 1.50. The van der Waals surface area contributed by atoms with E-state index in [2.05, 4.69) is 10.3 Å². The molecule has 9 heteroatoms. The number of hydrogen-bond donors (Lipinski definition) is 1. The Kier molecular flexibility index (Phi) is 6.69. The molecular weight excluding hydrogens is 471 g/mol. The maximum absolute atomic E-state index is 12.3. The number of carbonyl (C=O) groups is 2. The molecule has 0 bridgehead atoms. The highest BCUT2D eigenvalue weighted by molar-refractivity contribution is 8.18. The Morgan fingerprint density at radius 3 is 2.69 bits per heavy atom. The van der Waals surface area contributed by atoms with Gasteiger partial charge in [0.2, 0.25) is 0 Å². The molecule has 0 radical (unpaired) electrons. The Morgan fingerprint density at radius 2 is 1.94 bits per heavy atom. The summed E-state index contributed by atoms with van der Waals surface area (Å²) in [6, 6.07) is 15.6. The number of halogens is 2. The lowest BCUT2D eigenvalue weighted by molar-refractivity contribution is -0.115. The van der Waals surface area contributed by atoms with Gasteiger partial charge in [-0.05, 0) is 55.1 Å². The number of rotatable bonds is 5. The molecular formula is C23H16Cl2N2O4S. The highest BCUT2D eigenvalue weighted by Crippen LogP contribution is 2.35. The van der Waals surface area contributed by atoms with Gasteiger partial charge in [0.15, 0.2) is 5.17 Å². The molecule has 32 heavy (non-hydrogen) atoms. The smallest absolute Gasteiger partial charge is 0.338 e. The number of ether oxygens (including phenoxy) is 1. The van der Waals surface area contributed by atoms with Gasteiger partial charge in [-0.3, -0.25) is 4.79 Å². The number of amides is 1. The van der Waals surface area contributed by atoms with E-state index in [1.165, 1.54) is 11.8 Å². The normalized spacial score (nSPS) is 15.9. The minimum Gasteiger partial charge on any atom is -0.462 e. The molecule has 3 aromatic rings. The average Bonchev–Trinajstić information content (AvgIpc) is 3.38. The molecule has 1 aliphatic heterocycles. The second kappa shape index (κ2) is 9.65. The second-order valence-electron chi connectivity index (χ2n) is 6.55. The standard InChI is InChI=1S/C23H16Cl2N2O4S/c1-2-30-22(29)14-8-6-13(7-9-14)18-11-10-15(31-18)12-19-21(28)27-23(32-19)26-17-5-3-4-16(24)20(17)25/h3-12H,2H2,1H3,(H,26,27,28)/b19-12-. The molecule has 0 aliphatic carbocycles. The van der Waals surface area contributed by atoms with Crippen molar-refractivity contribution in [1.29, 1.82) is 0 Å². The van der Waals surface area contributed by atoms with E-state index in [9.17, 15) is 9.59 Å². The first kappa shape index (κ1) is 22.2. The summed E-state index contributed by atoms with van der Waals surface area (Å²) in [6.45, 7) is 2.08. The second-order valence-corrected chi connectivity index (χ2v) is 8.37. The minimum atomic E-state index is -0.371. The summed E-state index contributed by atoms with van der Waals surface area (Å²) in [5.41, 5.74) is 1.73. The van der Waals surface area contributed by atoms with Crippen molar-refractivity contribution in [2.45, 2.75) is 6.92 Å². The zero-order valence-electron chi connectivity index (χ0n) is 16.7. The minimum absolute atomic E-state index is 0.288. The number of thioether (sulfide) groups is 1. The molecule has 0 atom stereocenters. The number of benzene rings is 2. The average molecular weight is 487 g/mol. The third-order valence-corrected chi connectivity index (χ3v) is 6.10. The Hall–Kier alpha value is -3.00. The van der Waals surface area contributed by atoms with Gasteiger partial charge in [0.05, 0.1) is 32.8 Å². The summed E-state index contributed by atoms with van der Waals surface area (Å²) in [6.07, 6.45) is 1.64. The number of esters is 1. The Bertz CT molecular complexity index is 1250. The van der Waals surface area contributed by atoms with Crippen molar-refractivity contribution in [3.8, 4) is 11.3 Å². The van der Waals surface area contributed by atoms with Crippen LogP contribution in [0.5, 0.6) is 0 Å². The van der Waals surface area contributed by atoms with Gasteiger partial charge in [0.1, 0.15) is 11.5 Å². The molecule has 2 heterocycles. The molecule has 0 spiro atoms. The van der Waals surface area contributed by atoms with Crippen LogP contribution in [0.4, 0.5) is 5.69 Å². The predicted molar refractivity (Wildman–Crippen MR) is 127 cm³/mol. The summed E-state index contributed by atoms with van der Waals surface area (Å²) in [4.78, 5) is 28.9. The lowest BCUT2D eigenvalue weighted by Crippen LogP contribution is -2.19. The summed E-state index contributed by atoms with van der Waals surface area (Å²) < 4.78 is 10.8. The van der Waals surface area contributed by atoms with E-state index in [1.807, 2.05) is 0 Å². The predicted octanol–water partition coefficient (Wildman–Crippen LogP) is 6.32. The van der Waals surface area contributed by atoms with Crippen molar-refractivity contribution >= 4 is 63.8 Å². The van der Waals surface area contributed by atoms with E-state index in [4.69, 9.17) is 32.4 Å². The van der Waals surface area contributed by atoms with Gasteiger partial charge < -0.3 is 14.5 Å². The van der Waals surface area contributed by atoms with E-state index < -0.39 is 0 Å². The summed E-state index contributed by atoms with van der Waals surface area (Å²) in [5.74, 6) is 0.456. The summed E-state index contributed by atoms with van der Waals surface area (Å²) >= 11 is 13.3. The third-order valence-electron chi connectivity index (χ3n) is 4.38. The van der Waals surface area contributed by atoms with Crippen LogP contribution in [0.25, 0.3) is 17.4 Å². The van der Waals surface area contributed by atoms with Crippen LogP contribution >= 0.6 is 35.0 Å². The van der Waals surface area contributed by atoms with E-state index in [0.29, 0.717) is 49.5 Å². The van der Waals surface area contributed by atoms with Gasteiger partial charge in [0.25, 0.3) is 5.91 Å². The van der Waals surface area contributed by atoms with Crippen LogP contribution in [0.3, 0.4) is 0 Å². The fraction of sp³-hybridized carbons (Fsp3) is 0.0870. The van der Waals surface area contributed by atoms with E-state index in [1.54, 1.807) is 67.6 Å². The monoisotopic (exact) mass is 486 g/mol. The first-order valence-corrected chi connectivity index (χ1v) is 11.1. The first-order valence-electron chi connectivity index (χ1n) is 9.55. The van der Waals surface area contributed by atoms with Crippen molar-refractivity contribution in [2.24, 2.45) is 4.99 Å². The number of aliphatic imine (C=N–C) groups is 1. The zero-order valence-corrected chi connectivity index (χ0v) is 19.1. The summed E-state index contributed by atoms with van der Waals surface area (Å²) in [5, 5.41) is 3.80. The molecule has 162 valence electrons. The maximum Gasteiger partial charge on any atom is 0.338 e. The molecule has 6 nitrogen and oxygen atoms in total. The van der Waals surface area contributed by atoms with Crippen molar-refractivity contribution < 1.29 is 18.7 Å². The van der Waals surface area contributed by atoms with Gasteiger partial charge in [0, 0.05) is 11.6 Å². The summed E-state index contributed by atoms with van der Waals surface area (Å²) in [7, 11) is 0. The SMILES string of the molecule is CCOC(=O)c1ccc(-c2ccc(/C=C3\SC(=Nc4cccc(Cl)c4Cl)NC3=O)o2)cc1. The topological polar surface area (TPSA) is 80.9 Å². The van der Waals surface area contributed by atoms with Crippen molar-refractivity contribution in [3.63, 3.8) is 0 Å². The lowest BCUT2D eigenvalue weighted by Gasteiger charge is -2.02. The fourth-order valence-corrected chi connectivity index (χ4v) is 4.02. The van der Waals surface area contributed by atoms with Crippen LogP contribution < -0.4 is 5.32 Å². The number of nitrogens with one attached hydrogen (secondary N) is 1. The van der Waals surface area contributed by atoms with E-state index >= 15 is 0 Å². The third kappa shape index (κ3) is 4.91. The van der Waals surface area contributed by atoms with Gasteiger partial charge in [-0.1, -0.05) is 41.4 Å². The molecule has 1 aromatic heterocycles. The van der Waals surface area contributed by atoms with Crippen LogP contribution in [-0.4, -0.2) is 23.7 Å². The molecule has 1 fully saturated rings. The van der Waals surface area contributed by atoms with Crippen LogP contribution in [0, 0.1) is 0 Å². The highest BCUT2D eigenvalue weighted by Gasteiger charge is 2.24. The van der Waals surface area contributed by atoms with Gasteiger partial charge in [-0.25, -0.2) is 9.79 Å². The maximum atomic E-state index is 12.3. The molecule has 0 unspecified atom stereocenters. The van der Waals surface area contributed by atoms with Crippen LogP contribution in [-0.2, 0) is 9.53 Å². The Morgan fingerprint density at radius 1 is 1.16 bits per heavy atom. The fourth-order valence-electron chi connectivity index (χ4n) is 2.87. The van der Waals surface area contributed by atoms with E-state index in [0.717, 1.165) is 5.56 Å². The van der Waals surface area contributed by atoms with Gasteiger partial charge in [-0.2, -0.15) is 0 Å². The van der Waals surface area contributed by atoms with Crippen molar-refractivity contribution in [3.05, 3.63) is 80.9 Å². The van der Waals surface area contributed by atoms with Crippen molar-refractivity contribution in [1.82, 2.24) is 5.32 Å². The number of carbonyl (C=O) groups excluding carboxylic acids is 2. The number of furan rings is 1. The quantitative estimate of drug-likeness (QED) is 0.337. The molecule has 1 amide bonds. The van der Waals surface area contributed by atoms with Gasteiger partial charge in [-0.15, -0.1) is 0 Å². The van der Waals surface area contributed by atoms with E-state index in [-0.39, 0.29) is 11.9 Å². The molecule has 2 aromatic carbocycles. The number of hydrogen-bond acceptors (Lipinski definition) is 6. The first-order chi connectivity index (χ1) is 15.4. The molecule has 1 N–H and O–H groups in total. The molecule has 4 rings (SSSR count). The van der Waals surface area contributed by atoms with Crippen molar-refractivity contribution in [2.75, 3.05) is 6.61 Å². The number of amidine groups is 1. The molecule has 1 aliphatic rings. The largest absolute Gasteiger partial charge is 0.462 e. The number of nitrogens with zero attached hydrogens (tertiary/aromatic N) is 1. The van der Waals surface area contributed by atoms with Crippen LogP contribution in [0.2, 0.25) is 10.0 Å². The lowest BCUT2D eigenvalue weighted by atomic mass is 10.1. The van der Waals surface area contributed by atoms with Crippen LogP contribution in [0.15, 0.2) is 68.9 Å². The van der Waals surface area contributed by atoms with Gasteiger partial charge >= 0.3 is 5.97 Å². The Labute approximate surface area is 198 Å². The highest BCUT2D eigenvalue weighted by atomic mass is 35.5. The zero-order chi connectivity index (χ0) is 22.7. The van der Waals surface area contributed by atoms with Crippen LogP contribution in [0.1, 0.15) is 23.0 Å². The molecule has 0 saturated carbocycles.